The van der Waals surface area contributed by atoms with Gasteiger partial charge >= 0.3 is 6.55 Å². The van der Waals surface area contributed by atoms with Gasteiger partial charge in [0, 0.05) is 32.6 Å². The highest BCUT2D eigenvalue weighted by Gasteiger charge is 2.11. The fourth-order valence-corrected chi connectivity index (χ4v) is 1.43. The molecule has 1 aromatic heterocycles. The smallest absolute Gasteiger partial charge is 0.319 e. The van der Waals surface area contributed by atoms with Gasteiger partial charge in [-0.2, -0.15) is 8.78 Å². The number of hydrogen-bond acceptors (Lipinski definition) is 3. The van der Waals surface area contributed by atoms with E-state index in [1.54, 1.807) is 7.05 Å². The van der Waals surface area contributed by atoms with Crippen LogP contribution < -0.4 is 10.6 Å². The average molecular weight is 275 g/mol. The van der Waals surface area contributed by atoms with Crippen LogP contribution in [0.5, 0.6) is 0 Å². The molecule has 1 rings (SSSR count). The molecule has 6 nitrogen and oxygen atoms in total. The van der Waals surface area contributed by atoms with Crippen molar-refractivity contribution in [2.45, 2.75) is 20.0 Å². The zero-order valence-electron chi connectivity index (χ0n) is 11.1. The van der Waals surface area contributed by atoms with Crippen molar-refractivity contribution in [3.05, 3.63) is 18.2 Å². The van der Waals surface area contributed by atoms with Gasteiger partial charge in [0.25, 0.3) is 0 Å². The van der Waals surface area contributed by atoms with Crippen molar-refractivity contribution in [1.29, 1.82) is 0 Å². The number of aliphatic imine (C=N–C) groups is 1. The van der Waals surface area contributed by atoms with Gasteiger partial charge in [0.05, 0.1) is 13.2 Å². The first-order valence-corrected chi connectivity index (χ1v) is 6.01. The molecule has 1 aromatic rings. The van der Waals surface area contributed by atoms with E-state index < -0.39 is 6.55 Å². The Labute approximate surface area is 110 Å². The number of nitrogens with one attached hydrogen (secondary N) is 2. The standard InChI is InChI=1S/C11H19F2N5O/c1-3-19-7-5-16-11(14-2)17-8-9-15-4-6-18(9)10(12)13/h4,6,10H,3,5,7-8H2,1-2H3,(H2,14,16,17). The Hall–Kier alpha value is -1.70. The minimum Gasteiger partial charge on any atom is -0.380 e. The first kappa shape index (κ1) is 15.4. The average Bonchev–Trinajstić information content (AvgIpc) is 2.86. The van der Waals surface area contributed by atoms with Crippen LogP contribution in [0.3, 0.4) is 0 Å². The third-order valence-corrected chi connectivity index (χ3v) is 2.34. The number of guanidine groups is 1. The van der Waals surface area contributed by atoms with Crippen molar-refractivity contribution in [1.82, 2.24) is 20.2 Å². The first-order valence-electron chi connectivity index (χ1n) is 6.01. The summed E-state index contributed by atoms with van der Waals surface area (Å²) < 4.78 is 31.1. The van der Waals surface area contributed by atoms with Crippen LogP contribution in [0.1, 0.15) is 19.3 Å². The molecule has 108 valence electrons. The van der Waals surface area contributed by atoms with E-state index in [0.29, 0.717) is 25.7 Å². The molecular weight excluding hydrogens is 256 g/mol. The lowest BCUT2D eigenvalue weighted by atomic mass is 10.5. The summed E-state index contributed by atoms with van der Waals surface area (Å²) in [5, 5.41) is 5.92. The molecule has 0 spiro atoms. The molecule has 8 heteroatoms. The fraction of sp³-hybridized carbons (Fsp3) is 0.636. The van der Waals surface area contributed by atoms with Crippen molar-refractivity contribution in [3.63, 3.8) is 0 Å². The van der Waals surface area contributed by atoms with Crippen LogP contribution in [0.2, 0.25) is 0 Å². The molecule has 0 aliphatic heterocycles. The van der Waals surface area contributed by atoms with Crippen LogP contribution in [-0.4, -0.2) is 42.3 Å². The molecule has 1 heterocycles. The summed E-state index contributed by atoms with van der Waals surface area (Å²) in [5.74, 6) is 0.770. The van der Waals surface area contributed by atoms with E-state index in [9.17, 15) is 8.78 Å². The molecule has 0 saturated carbocycles. The van der Waals surface area contributed by atoms with E-state index in [1.165, 1.54) is 12.4 Å². The monoisotopic (exact) mass is 275 g/mol. The lowest BCUT2D eigenvalue weighted by Gasteiger charge is -2.12. The molecule has 0 bridgehead atoms. The van der Waals surface area contributed by atoms with Gasteiger partial charge in [0.15, 0.2) is 5.96 Å². The number of nitrogens with zero attached hydrogens (tertiary/aromatic N) is 3. The molecule has 0 aliphatic rings. The van der Waals surface area contributed by atoms with Crippen LogP contribution in [0, 0.1) is 0 Å². The normalized spacial score (nSPS) is 11.9. The van der Waals surface area contributed by atoms with Gasteiger partial charge in [0.1, 0.15) is 5.82 Å². The number of halogens is 2. The Morgan fingerprint density at radius 3 is 2.95 bits per heavy atom. The second kappa shape index (κ2) is 8.41. The maximum Gasteiger partial charge on any atom is 0.319 e. The molecule has 0 aliphatic carbocycles. The van der Waals surface area contributed by atoms with Gasteiger partial charge in [-0.05, 0) is 6.92 Å². The van der Waals surface area contributed by atoms with E-state index in [2.05, 4.69) is 20.6 Å². The first-order chi connectivity index (χ1) is 9.19. The van der Waals surface area contributed by atoms with Crippen LogP contribution in [0.4, 0.5) is 8.78 Å². The Balaban J connectivity index is 2.38. The van der Waals surface area contributed by atoms with E-state index in [4.69, 9.17) is 4.74 Å². The second-order valence-corrected chi connectivity index (χ2v) is 3.58. The minimum atomic E-state index is -2.59. The molecular formula is C11H19F2N5O. The SMILES string of the molecule is CCOCCNC(=NC)NCc1nccn1C(F)F. The molecule has 0 amide bonds. The molecule has 0 fully saturated rings. The Bertz CT molecular complexity index is 394. The van der Waals surface area contributed by atoms with E-state index >= 15 is 0 Å². The summed E-state index contributed by atoms with van der Waals surface area (Å²) in [4.78, 5) is 7.84. The highest BCUT2D eigenvalue weighted by molar-refractivity contribution is 5.79. The summed E-state index contributed by atoms with van der Waals surface area (Å²) in [6.45, 7) is 1.30. The van der Waals surface area contributed by atoms with Crippen molar-refractivity contribution in [2.75, 3.05) is 26.8 Å². The van der Waals surface area contributed by atoms with E-state index in [0.717, 1.165) is 4.57 Å². The molecule has 19 heavy (non-hydrogen) atoms. The third kappa shape index (κ3) is 5.21. The van der Waals surface area contributed by atoms with Crippen LogP contribution in [0.25, 0.3) is 0 Å². The maximum atomic E-state index is 12.6. The summed E-state index contributed by atoms with van der Waals surface area (Å²) in [7, 11) is 1.61. The third-order valence-electron chi connectivity index (χ3n) is 2.34. The lowest BCUT2D eigenvalue weighted by Crippen LogP contribution is -2.39. The number of hydrogen-bond donors (Lipinski definition) is 2. The Morgan fingerprint density at radius 2 is 2.32 bits per heavy atom. The number of ether oxygens (including phenoxy) is 1. The zero-order valence-corrected chi connectivity index (χ0v) is 11.1. The van der Waals surface area contributed by atoms with Gasteiger partial charge in [-0.3, -0.25) is 9.56 Å². The Kier molecular flexibility index (Phi) is 6.80. The van der Waals surface area contributed by atoms with Gasteiger partial charge in [-0.15, -0.1) is 0 Å². The van der Waals surface area contributed by atoms with E-state index in [1.807, 2.05) is 6.92 Å². The number of rotatable bonds is 7. The topological polar surface area (TPSA) is 63.5 Å². The van der Waals surface area contributed by atoms with Crippen molar-refractivity contribution in [2.24, 2.45) is 4.99 Å². The van der Waals surface area contributed by atoms with E-state index in [-0.39, 0.29) is 12.4 Å². The largest absolute Gasteiger partial charge is 0.380 e. The molecule has 0 saturated heterocycles. The van der Waals surface area contributed by atoms with Crippen LogP contribution in [0.15, 0.2) is 17.4 Å². The van der Waals surface area contributed by atoms with Gasteiger partial charge in [-0.1, -0.05) is 0 Å². The fourth-order valence-electron chi connectivity index (χ4n) is 1.43. The molecule has 2 N–H and O–H groups in total. The molecule has 0 atom stereocenters. The highest BCUT2D eigenvalue weighted by Crippen LogP contribution is 2.11. The van der Waals surface area contributed by atoms with Gasteiger partial charge < -0.3 is 15.4 Å². The molecule has 0 radical (unpaired) electrons. The highest BCUT2D eigenvalue weighted by atomic mass is 19.3. The van der Waals surface area contributed by atoms with Crippen molar-refractivity contribution >= 4 is 5.96 Å². The Morgan fingerprint density at radius 1 is 1.53 bits per heavy atom. The van der Waals surface area contributed by atoms with Crippen LogP contribution in [-0.2, 0) is 11.3 Å². The lowest BCUT2D eigenvalue weighted by molar-refractivity contribution is 0.0668. The zero-order chi connectivity index (χ0) is 14.1. The van der Waals surface area contributed by atoms with Crippen molar-refractivity contribution < 1.29 is 13.5 Å². The van der Waals surface area contributed by atoms with Gasteiger partial charge in [0.2, 0.25) is 0 Å². The summed E-state index contributed by atoms with van der Waals surface area (Å²) in [5.41, 5.74) is 0. The maximum absolute atomic E-state index is 12.6. The summed E-state index contributed by atoms with van der Waals surface area (Å²) in [6.07, 6.45) is 2.58. The van der Waals surface area contributed by atoms with Gasteiger partial charge in [-0.25, -0.2) is 4.98 Å². The quantitative estimate of drug-likeness (QED) is 0.442. The summed E-state index contributed by atoms with van der Waals surface area (Å²) >= 11 is 0. The molecule has 0 unspecified atom stereocenters. The number of aromatic nitrogens is 2. The predicted octanol–water partition coefficient (Wildman–Crippen LogP) is 0.980. The number of alkyl halides is 2. The second-order valence-electron chi connectivity index (χ2n) is 3.58. The van der Waals surface area contributed by atoms with Crippen LogP contribution >= 0.6 is 0 Å². The van der Waals surface area contributed by atoms with Crippen molar-refractivity contribution in [3.8, 4) is 0 Å². The summed E-state index contributed by atoms with van der Waals surface area (Å²) in [6, 6.07) is 0. The minimum absolute atomic E-state index is 0.172. The molecule has 0 aromatic carbocycles. The number of imidazole rings is 1. The predicted molar refractivity (Wildman–Crippen MR) is 68.2 cm³/mol.